The van der Waals surface area contributed by atoms with Gasteiger partial charge in [-0.15, -0.1) is 0 Å². The maximum absolute atomic E-state index is 7.71. The lowest BCUT2D eigenvalue weighted by Crippen LogP contribution is -2.07. The summed E-state index contributed by atoms with van der Waals surface area (Å²) in [5, 5.41) is 8.43. The Labute approximate surface area is 100 Å². The van der Waals surface area contributed by atoms with Crippen LogP contribution in [0.5, 0.6) is 0 Å². The van der Waals surface area contributed by atoms with Gasteiger partial charge >= 0.3 is 0 Å². The number of nitrogens with one attached hydrogen (secondary N) is 1. The van der Waals surface area contributed by atoms with E-state index in [1.807, 2.05) is 25.1 Å². The van der Waals surface area contributed by atoms with Crippen molar-refractivity contribution in [3.05, 3.63) is 33.8 Å². The minimum atomic E-state index is 0.225. The minimum absolute atomic E-state index is 0.225. The molecule has 0 amide bonds. The molecule has 1 aromatic rings. The molecule has 0 atom stereocenters. The van der Waals surface area contributed by atoms with Crippen molar-refractivity contribution in [2.75, 3.05) is 6.61 Å². The van der Waals surface area contributed by atoms with Gasteiger partial charge in [0.05, 0.1) is 6.61 Å². The number of halogens is 2. The molecular formula is C10H11Br2NO. The summed E-state index contributed by atoms with van der Waals surface area (Å²) in [7, 11) is 0. The molecule has 0 aliphatic carbocycles. The van der Waals surface area contributed by atoms with Gasteiger partial charge in [0.15, 0.2) is 0 Å². The van der Waals surface area contributed by atoms with Crippen LogP contribution >= 0.6 is 31.9 Å². The second kappa shape index (κ2) is 5.51. The molecule has 0 aliphatic heterocycles. The second-order valence-electron chi connectivity index (χ2n) is 2.70. The molecule has 0 heterocycles. The molecule has 4 heteroatoms. The summed E-state index contributed by atoms with van der Waals surface area (Å²) in [5.41, 5.74) is 1.89. The van der Waals surface area contributed by atoms with Crippen molar-refractivity contribution in [3.8, 4) is 0 Å². The first-order valence-electron chi connectivity index (χ1n) is 4.25. The SMILES string of the molecule is CCOC(=N)c1cc(Br)ccc1CBr. The van der Waals surface area contributed by atoms with Crippen LogP contribution in [0.25, 0.3) is 0 Å². The van der Waals surface area contributed by atoms with E-state index in [0.29, 0.717) is 6.61 Å². The fourth-order valence-corrected chi connectivity index (χ4v) is 1.95. The van der Waals surface area contributed by atoms with E-state index >= 15 is 0 Å². The van der Waals surface area contributed by atoms with Crippen LogP contribution in [0, 0.1) is 5.41 Å². The summed E-state index contributed by atoms with van der Waals surface area (Å²) >= 11 is 6.76. The van der Waals surface area contributed by atoms with E-state index in [4.69, 9.17) is 10.1 Å². The molecule has 76 valence electrons. The molecule has 1 rings (SSSR count). The summed E-state index contributed by atoms with van der Waals surface area (Å²) in [5.74, 6) is 0.225. The lowest BCUT2D eigenvalue weighted by molar-refractivity contribution is 0.325. The highest BCUT2D eigenvalue weighted by Gasteiger charge is 2.08. The van der Waals surface area contributed by atoms with Gasteiger partial charge in [-0.25, -0.2) is 0 Å². The molecule has 0 saturated heterocycles. The zero-order valence-corrected chi connectivity index (χ0v) is 11.0. The summed E-state index contributed by atoms with van der Waals surface area (Å²) in [6.07, 6.45) is 0. The fraction of sp³-hybridized carbons (Fsp3) is 0.300. The molecule has 0 aliphatic rings. The number of alkyl halides is 1. The Morgan fingerprint density at radius 3 is 2.79 bits per heavy atom. The molecule has 0 saturated carbocycles. The van der Waals surface area contributed by atoms with Gasteiger partial charge in [0, 0.05) is 15.4 Å². The van der Waals surface area contributed by atoms with Crippen molar-refractivity contribution in [2.45, 2.75) is 12.3 Å². The van der Waals surface area contributed by atoms with Crippen LogP contribution in [-0.4, -0.2) is 12.5 Å². The van der Waals surface area contributed by atoms with Crippen molar-refractivity contribution >= 4 is 37.8 Å². The molecule has 0 aromatic heterocycles. The summed E-state index contributed by atoms with van der Waals surface area (Å²) < 4.78 is 6.13. The lowest BCUT2D eigenvalue weighted by Gasteiger charge is -2.09. The Morgan fingerprint density at radius 2 is 2.21 bits per heavy atom. The zero-order chi connectivity index (χ0) is 10.6. The smallest absolute Gasteiger partial charge is 0.213 e. The van der Waals surface area contributed by atoms with Gasteiger partial charge in [0.1, 0.15) is 0 Å². The number of hydrogen-bond donors (Lipinski definition) is 1. The standard InChI is InChI=1S/C10H11Br2NO/c1-2-14-10(13)9-5-8(12)4-3-7(9)6-11/h3-5,13H,2,6H2,1H3. The molecular weight excluding hydrogens is 310 g/mol. The van der Waals surface area contributed by atoms with Crippen molar-refractivity contribution in [1.29, 1.82) is 5.41 Å². The zero-order valence-electron chi connectivity index (χ0n) is 7.81. The van der Waals surface area contributed by atoms with Gasteiger partial charge < -0.3 is 4.74 Å². The lowest BCUT2D eigenvalue weighted by atomic mass is 10.1. The van der Waals surface area contributed by atoms with Crippen LogP contribution < -0.4 is 0 Å². The summed E-state index contributed by atoms with van der Waals surface area (Å²) in [6, 6.07) is 5.83. The molecule has 0 radical (unpaired) electrons. The number of benzene rings is 1. The Bertz CT molecular complexity index is 339. The third-order valence-corrected chi connectivity index (χ3v) is 2.85. The predicted octanol–water partition coefficient (Wildman–Crippen LogP) is 3.71. The van der Waals surface area contributed by atoms with Gasteiger partial charge in [0.2, 0.25) is 5.90 Å². The Kier molecular flexibility index (Phi) is 4.62. The van der Waals surface area contributed by atoms with E-state index in [9.17, 15) is 0 Å². The minimum Gasteiger partial charge on any atom is -0.478 e. The normalized spacial score (nSPS) is 9.93. The summed E-state index contributed by atoms with van der Waals surface area (Å²) in [6.45, 7) is 2.40. The van der Waals surface area contributed by atoms with Gasteiger partial charge in [-0.05, 0) is 24.6 Å². The van der Waals surface area contributed by atoms with Crippen LogP contribution in [0.2, 0.25) is 0 Å². The first-order valence-corrected chi connectivity index (χ1v) is 6.16. The predicted molar refractivity (Wildman–Crippen MR) is 65.2 cm³/mol. The van der Waals surface area contributed by atoms with Crippen LogP contribution in [0.3, 0.4) is 0 Å². The quantitative estimate of drug-likeness (QED) is 0.514. The Hall–Kier alpha value is -0.350. The van der Waals surface area contributed by atoms with E-state index in [2.05, 4.69) is 31.9 Å². The van der Waals surface area contributed by atoms with E-state index in [1.54, 1.807) is 0 Å². The van der Waals surface area contributed by atoms with Crippen molar-refractivity contribution < 1.29 is 4.74 Å². The maximum Gasteiger partial charge on any atom is 0.213 e. The highest BCUT2D eigenvalue weighted by molar-refractivity contribution is 9.10. The van der Waals surface area contributed by atoms with E-state index < -0.39 is 0 Å². The highest BCUT2D eigenvalue weighted by atomic mass is 79.9. The van der Waals surface area contributed by atoms with E-state index in [1.165, 1.54) is 0 Å². The molecule has 2 nitrogen and oxygen atoms in total. The second-order valence-corrected chi connectivity index (χ2v) is 4.17. The van der Waals surface area contributed by atoms with Crippen LogP contribution in [0.15, 0.2) is 22.7 Å². The van der Waals surface area contributed by atoms with Crippen LogP contribution in [0.1, 0.15) is 18.1 Å². The Morgan fingerprint density at radius 1 is 1.50 bits per heavy atom. The maximum atomic E-state index is 7.71. The van der Waals surface area contributed by atoms with E-state index in [0.717, 1.165) is 20.9 Å². The topological polar surface area (TPSA) is 33.1 Å². The first-order chi connectivity index (χ1) is 6.69. The van der Waals surface area contributed by atoms with Gasteiger partial charge in [0.25, 0.3) is 0 Å². The molecule has 1 aromatic carbocycles. The van der Waals surface area contributed by atoms with Crippen molar-refractivity contribution in [1.82, 2.24) is 0 Å². The number of rotatable bonds is 3. The van der Waals surface area contributed by atoms with Gasteiger partial charge in [-0.1, -0.05) is 37.9 Å². The van der Waals surface area contributed by atoms with Crippen LogP contribution in [-0.2, 0) is 10.1 Å². The molecule has 0 bridgehead atoms. The van der Waals surface area contributed by atoms with Gasteiger partial charge in [-0.3, -0.25) is 5.41 Å². The number of hydrogen-bond acceptors (Lipinski definition) is 2. The third-order valence-electron chi connectivity index (χ3n) is 1.75. The average molecular weight is 321 g/mol. The van der Waals surface area contributed by atoms with E-state index in [-0.39, 0.29) is 5.90 Å². The molecule has 1 N–H and O–H groups in total. The summed E-state index contributed by atoms with van der Waals surface area (Å²) in [4.78, 5) is 0. The average Bonchev–Trinajstić information content (AvgIpc) is 2.18. The first kappa shape index (κ1) is 11.7. The third kappa shape index (κ3) is 2.82. The van der Waals surface area contributed by atoms with Gasteiger partial charge in [-0.2, -0.15) is 0 Å². The van der Waals surface area contributed by atoms with Crippen molar-refractivity contribution in [3.63, 3.8) is 0 Å². The Balaban J connectivity index is 3.03. The molecule has 0 spiro atoms. The monoisotopic (exact) mass is 319 g/mol. The molecule has 14 heavy (non-hydrogen) atoms. The van der Waals surface area contributed by atoms with Crippen LogP contribution in [0.4, 0.5) is 0 Å². The highest BCUT2D eigenvalue weighted by Crippen LogP contribution is 2.19. The molecule has 0 unspecified atom stereocenters. The van der Waals surface area contributed by atoms with Crippen molar-refractivity contribution in [2.24, 2.45) is 0 Å². The number of ether oxygens (including phenoxy) is 1. The molecule has 0 fully saturated rings. The fourth-order valence-electron chi connectivity index (χ4n) is 1.10. The largest absolute Gasteiger partial charge is 0.478 e.